The van der Waals surface area contributed by atoms with Gasteiger partial charge in [-0.2, -0.15) is 0 Å². The van der Waals surface area contributed by atoms with Gasteiger partial charge in [0.25, 0.3) is 0 Å². The molecule has 0 fully saturated rings. The molecule has 0 heterocycles. The normalized spacial score (nSPS) is 12.7. The molecule has 114 valence electrons. The predicted octanol–water partition coefficient (Wildman–Crippen LogP) is 4.67. The molecule has 0 aliphatic heterocycles. The lowest BCUT2D eigenvalue weighted by atomic mass is 10.2. The summed E-state index contributed by atoms with van der Waals surface area (Å²) in [4.78, 5) is 11.8. The second-order valence-electron chi connectivity index (χ2n) is 4.56. The van der Waals surface area contributed by atoms with E-state index >= 15 is 0 Å². The van der Waals surface area contributed by atoms with E-state index in [1.165, 1.54) is 0 Å². The Morgan fingerprint density at radius 2 is 1.84 bits per heavy atom. The van der Waals surface area contributed by atoms with Crippen molar-refractivity contribution in [2.75, 3.05) is 12.4 Å². The largest absolute Gasteiger partial charge is 0.465 e. The molecule has 0 aliphatic rings. The molecule has 0 aromatic carbocycles. The third-order valence-electron chi connectivity index (χ3n) is 2.65. The summed E-state index contributed by atoms with van der Waals surface area (Å²) in [6.07, 6.45) is 2.67. The van der Waals surface area contributed by atoms with Crippen molar-refractivity contribution in [1.82, 2.24) is 0 Å². The summed E-state index contributed by atoms with van der Waals surface area (Å²) in [7, 11) is 0. The van der Waals surface area contributed by atoms with Gasteiger partial charge in [0.15, 0.2) is 0 Å². The molecule has 0 saturated heterocycles. The average Bonchev–Trinajstić information content (AvgIpc) is 2.38. The zero-order valence-corrected chi connectivity index (χ0v) is 12.8. The van der Waals surface area contributed by atoms with Crippen LogP contribution in [0.2, 0.25) is 0 Å². The molecule has 19 heavy (non-hydrogen) atoms. The second-order valence-corrected chi connectivity index (χ2v) is 5.87. The summed E-state index contributed by atoms with van der Waals surface area (Å²) in [5.41, 5.74) is 0. The maximum absolute atomic E-state index is 11.9. The SMILES string of the molecule is CCCOC(=O)C(CCC)SCCCCCC(F)F. The molecule has 0 rings (SSSR count). The van der Waals surface area contributed by atoms with Crippen molar-refractivity contribution in [1.29, 1.82) is 0 Å². The number of hydrogen-bond acceptors (Lipinski definition) is 3. The molecule has 2 nitrogen and oxygen atoms in total. The van der Waals surface area contributed by atoms with Crippen LogP contribution in [0.4, 0.5) is 8.78 Å². The Morgan fingerprint density at radius 1 is 1.11 bits per heavy atom. The Balaban J connectivity index is 3.72. The minimum Gasteiger partial charge on any atom is -0.465 e. The molecule has 0 radical (unpaired) electrons. The van der Waals surface area contributed by atoms with Crippen molar-refractivity contribution in [3.05, 3.63) is 0 Å². The van der Waals surface area contributed by atoms with Crippen LogP contribution in [0.3, 0.4) is 0 Å². The fourth-order valence-corrected chi connectivity index (χ4v) is 2.89. The highest BCUT2D eigenvalue weighted by Crippen LogP contribution is 2.20. The van der Waals surface area contributed by atoms with Crippen LogP contribution in [-0.2, 0) is 9.53 Å². The van der Waals surface area contributed by atoms with Gasteiger partial charge in [-0.15, -0.1) is 11.8 Å². The van der Waals surface area contributed by atoms with E-state index in [9.17, 15) is 13.6 Å². The van der Waals surface area contributed by atoms with Gasteiger partial charge in [0.1, 0.15) is 5.25 Å². The summed E-state index contributed by atoms with van der Waals surface area (Å²) in [5.74, 6) is 0.719. The van der Waals surface area contributed by atoms with Crippen molar-refractivity contribution in [3.8, 4) is 0 Å². The molecule has 0 aromatic heterocycles. The Morgan fingerprint density at radius 3 is 2.42 bits per heavy atom. The van der Waals surface area contributed by atoms with Crippen molar-refractivity contribution in [2.24, 2.45) is 0 Å². The van der Waals surface area contributed by atoms with Crippen LogP contribution in [0.15, 0.2) is 0 Å². The molecule has 1 atom stereocenters. The van der Waals surface area contributed by atoms with Crippen molar-refractivity contribution in [2.45, 2.75) is 70.5 Å². The summed E-state index contributed by atoms with van der Waals surface area (Å²) in [6.45, 7) is 4.50. The van der Waals surface area contributed by atoms with Crippen LogP contribution >= 0.6 is 11.8 Å². The topological polar surface area (TPSA) is 26.3 Å². The van der Waals surface area contributed by atoms with E-state index < -0.39 is 6.43 Å². The number of alkyl halides is 2. The zero-order valence-electron chi connectivity index (χ0n) is 12.0. The quantitative estimate of drug-likeness (QED) is 0.387. The van der Waals surface area contributed by atoms with Gasteiger partial charge < -0.3 is 4.74 Å². The smallest absolute Gasteiger partial charge is 0.319 e. The first-order valence-electron chi connectivity index (χ1n) is 7.18. The number of rotatable bonds is 12. The average molecular weight is 296 g/mol. The van der Waals surface area contributed by atoms with E-state index in [1.54, 1.807) is 11.8 Å². The molecule has 5 heteroatoms. The molecule has 0 amide bonds. The number of carbonyl (C=O) groups is 1. The third-order valence-corrected chi connectivity index (χ3v) is 4.00. The minimum absolute atomic E-state index is 0.0123. The lowest BCUT2D eigenvalue weighted by molar-refractivity contribution is -0.143. The molecule has 0 bridgehead atoms. The Kier molecular flexibility index (Phi) is 12.5. The summed E-state index contributed by atoms with van der Waals surface area (Å²) in [5, 5.41) is -0.0911. The molecule has 0 N–H and O–H groups in total. The molecule has 0 spiro atoms. The fraction of sp³-hybridized carbons (Fsp3) is 0.929. The van der Waals surface area contributed by atoms with E-state index in [0.717, 1.165) is 37.9 Å². The number of ether oxygens (including phenoxy) is 1. The summed E-state index contributed by atoms with van der Waals surface area (Å²) in [6, 6.07) is 0. The maximum Gasteiger partial charge on any atom is 0.319 e. The van der Waals surface area contributed by atoms with Crippen LogP contribution in [-0.4, -0.2) is 30.0 Å². The van der Waals surface area contributed by atoms with Crippen LogP contribution in [0.25, 0.3) is 0 Å². The van der Waals surface area contributed by atoms with Crippen molar-refractivity contribution >= 4 is 17.7 Å². The van der Waals surface area contributed by atoms with Gasteiger partial charge in [0.05, 0.1) is 6.61 Å². The van der Waals surface area contributed by atoms with Gasteiger partial charge in [0, 0.05) is 6.42 Å². The van der Waals surface area contributed by atoms with E-state index in [0.29, 0.717) is 13.0 Å². The number of halogens is 2. The van der Waals surface area contributed by atoms with E-state index in [-0.39, 0.29) is 17.6 Å². The highest BCUT2D eigenvalue weighted by molar-refractivity contribution is 8.00. The second kappa shape index (κ2) is 12.7. The Bertz CT molecular complexity index is 225. The van der Waals surface area contributed by atoms with Crippen LogP contribution < -0.4 is 0 Å². The van der Waals surface area contributed by atoms with Crippen LogP contribution in [0.1, 0.15) is 58.8 Å². The highest BCUT2D eigenvalue weighted by Gasteiger charge is 2.18. The van der Waals surface area contributed by atoms with Crippen LogP contribution in [0, 0.1) is 0 Å². The van der Waals surface area contributed by atoms with Crippen LogP contribution in [0.5, 0.6) is 0 Å². The number of hydrogen-bond donors (Lipinski definition) is 0. The zero-order chi connectivity index (χ0) is 14.5. The first kappa shape index (κ1) is 18.7. The molecular formula is C14H26F2O2S. The molecule has 0 aliphatic carbocycles. The molecule has 1 unspecified atom stereocenters. The first-order chi connectivity index (χ1) is 9.11. The van der Waals surface area contributed by atoms with Crippen molar-refractivity contribution in [3.63, 3.8) is 0 Å². The summed E-state index contributed by atoms with van der Waals surface area (Å²) < 4.78 is 29.0. The number of carbonyl (C=O) groups excluding carboxylic acids is 1. The van der Waals surface area contributed by atoms with Gasteiger partial charge in [-0.3, -0.25) is 4.79 Å². The van der Waals surface area contributed by atoms with E-state index in [1.807, 2.05) is 13.8 Å². The standard InChI is InChI=1S/C14H26F2O2S/c1-3-8-12(14(17)18-10-4-2)19-11-7-5-6-9-13(15)16/h12-13H,3-11H2,1-2H3. The van der Waals surface area contributed by atoms with Crippen molar-refractivity contribution < 1.29 is 18.3 Å². The molecular weight excluding hydrogens is 270 g/mol. The first-order valence-corrected chi connectivity index (χ1v) is 8.23. The Labute approximate surface area is 119 Å². The number of esters is 1. The number of unbranched alkanes of at least 4 members (excludes halogenated alkanes) is 2. The fourth-order valence-electron chi connectivity index (χ4n) is 1.63. The molecule has 0 saturated carbocycles. The monoisotopic (exact) mass is 296 g/mol. The lowest BCUT2D eigenvalue weighted by Gasteiger charge is -2.14. The van der Waals surface area contributed by atoms with E-state index in [4.69, 9.17) is 4.74 Å². The molecule has 0 aromatic rings. The highest BCUT2D eigenvalue weighted by atomic mass is 32.2. The van der Waals surface area contributed by atoms with Gasteiger partial charge in [0.2, 0.25) is 6.43 Å². The number of thioether (sulfide) groups is 1. The van der Waals surface area contributed by atoms with Gasteiger partial charge >= 0.3 is 5.97 Å². The van der Waals surface area contributed by atoms with Gasteiger partial charge in [-0.1, -0.05) is 26.7 Å². The lowest BCUT2D eigenvalue weighted by Crippen LogP contribution is -2.21. The van der Waals surface area contributed by atoms with E-state index in [2.05, 4.69) is 0 Å². The maximum atomic E-state index is 11.9. The Hall–Kier alpha value is -0.320. The van der Waals surface area contributed by atoms with Gasteiger partial charge in [-0.25, -0.2) is 8.78 Å². The minimum atomic E-state index is -2.19. The summed E-state index contributed by atoms with van der Waals surface area (Å²) >= 11 is 1.60. The van der Waals surface area contributed by atoms with Gasteiger partial charge in [-0.05, 0) is 31.4 Å². The predicted molar refractivity (Wildman–Crippen MR) is 76.9 cm³/mol. The third kappa shape index (κ3) is 11.2.